The highest BCUT2D eigenvalue weighted by Gasteiger charge is 2.26. The van der Waals surface area contributed by atoms with Gasteiger partial charge in [-0.2, -0.15) is 0 Å². The number of carbonyl (C=O) groups excluding carboxylic acids is 2. The van der Waals surface area contributed by atoms with Gasteiger partial charge in [0.1, 0.15) is 0 Å². The predicted octanol–water partition coefficient (Wildman–Crippen LogP) is 4.36. The fraction of sp³-hybridized carbons (Fsp3) is 0.290. The molecular formula is C31H34O10. The fourth-order valence-electron chi connectivity index (χ4n) is 4.30. The summed E-state index contributed by atoms with van der Waals surface area (Å²) in [6.07, 6.45) is 3.45. The molecule has 0 aliphatic carbocycles. The average Bonchev–Trinajstić information content (AvgIpc) is 2.95. The Morgan fingerprint density at radius 2 is 1.22 bits per heavy atom. The maximum absolute atomic E-state index is 12.6. The molecule has 3 rings (SSSR count). The summed E-state index contributed by atoms with van der Waals surface area (Å²) in [6.45, 7) is 1.32. The number of phenols is 4. The molecular weight excluding hydrogens is 532 g/mol. The van der Waals surface area contributed by atoms with Crippen molar-refractivity contribution in [1.29, 1.82) is 0 Å². The van der Waals surface area contributed by atoms with E-state index in [0.29, 0.717) is 24.2 Å². The van der Waals surface area contributed by atoms with E-state index in [-0.39, 0.29) is 53.8 Å². The Morgan fingerprint density at radius 1 is 0.707 bits per heavy atom. The van der Waals surface area contributed by atoms with E-state index in [1.807, 2.05) is 0 Å². The molecule has 2 atom stereocenters. The first-order chi connectivity index (χ1) is 19.6. The van der Waals surface area contributed by atoms with Crippen LogP contribution < -0.4 is 9.47 Å². The van der Waals surface area contributed by atoms with E-state index in [9.17, 15) is 30.0 Å². The third-order valence-electron chi connectivity index (χ3n) is 6.50. The Hall–Kier alpha value is -4.86. The molecule has 0 aromatic heterocycles. The largest absolute Gasteiger partial charge is 0.504 e. The van der Waals surface area contributed by atoms with Gasteiger partial charge in [-0.1, -0.05) is 18.2 Å². The molecule has 3 aromatic rings. The van der Waals surface area contributed by atoms with Crippen LogP contribution in [0.15, 0.2) is 60.7 Å². The molecule has 0 saturated heterocycles. The quantitative estimate of drug-likeness (QED) is 0.133. The topological polar surface area (TPSA) is 152 Å². The third kappa shape index (κ3) is 9.10. The van der Waals surface area contributed by atoms with Crippen LogP contribution in [0.3, 0.4) is 0 Å². The standard InChI is InChI=1S/C31H34O10/c1-19(32)40-17-23(12-21-5-9-26(34)29(15-21)38-2)24(13-22-6-10-27(35)30(16-22)39-3)18-41-31(37)11-7-20-4-8-25(33)28(36)14-20/h4-11,14-16,23-24,33-36H,12-13,17-18H2,1-3H3. The molecule has 0 radical (unpaired) electrons. The van der Waals surface area contributed by atoms with Crippen molar-refractivity contribution in [2.75, 3.05) is 27.4 Å². The fourth-order valence-corrected chi connectivity index (χ4v) is 4.30. The molecule has 0 fully saturated rings. The number of hydrogen-bond acceptors (Lipinski definition) is 10. The first kappa shape index (κ1) is 30.7. The lowest BCUT2D eigenvalue weighted by atomic mass is 9.83. The third-order valence-corrected chi connectivity index (χ3v) is 6.50. The van der Waals surface area contributed by atoms with Gasteiger partial charge in [0.15, 0.2) is 34.5 Å². The molecule has 218 valence electrons. The van der Waals surface area contributed by atoms with E-state index in [0.717, 1.165) is 11.1 Å². The summed E-state index contributed by atoms with van der Waals surface area (Å²) < 4.78 is 21.5. The SMILES string of the molecule is COc1cc(CC(COC(C)=O)C(COC(=O)C=Cc2ccc(O)c(O)c2)Cc2ccc(O)c(OC)c2)ccc1O. The summed E-state index contributed by atoms with van der Waals surface area (Å²) in [4.78, 5) is 24.4. The van der Waals surface area contributed by atoms with E-state index in [1.165, 1.54) is 63.6 Å². The van der Waals surface area contributed by atoms with Gasteiger partial charge in [0.25, 0.3) is 0 Å². The van der Waals surface area contributed by atoms with E-state index in [4.69, 9.17) is 18.9 Å². The maximum Gasteiger partial charge on any atom is 0.330 e. The molecule has 2 unspecified atom stereocenters. The lowest BCUT2D eigenvalue weighted by Gasteiger charge is -2.27. The highest BCUT2D eigenvalue weighted by molar-refractivity contribution is 5.87. The van der Waals surface area contributed by atoms with Crippen LogP contribution in [0.25, 0.3) is 6.08 Å². The van der Waals surface area contributed by atoms with Crippen LogP contribution in [-0.4, -0.2) is 59.8 Å². The highest BCUT2D eigenvalue weighted by atomic mass is 16.5. The van der Waals surface area contributed by atoms with Crippen molar-refractivity contribution < 1.29 is 49.0 Å². The number of hydrogen-bond donors (Lipinski definition) is 4. The Morgan fingerprint density at radius 3 is 1.71 bits per heavy atom. The van der Waals surface area contributed by atoms with Crippen LogP contribution in [0.5, 0.6) is 34.5 Å². The summed E-state index contributed by atoms with van der Waals surface area (Å²) in [7, 11) is 2.89. The molecule has 0 spiro atoms. The number of benzene rings is 3. The summed E-state index contributed by atoms with van der Waals surface area (Å²) in [6, 6.07) is 14.0. The minimum atomic E-state index is -0.636. The molecule has 4 N–H and O–H groups in total. The predicted molar refractivity (Wildman–Crippen MR) is 150 cm³/mol. The van der Waals surface area contributed by atoms with Gasteiger partial charge in [-0.05, 0) is 72.0 Å². The number of ether oxygens (including phenoxy) is 4. The number of phenolic OH excluding ortho intramolecular Hbond substituents is 4. The molecule has 0 amide bonds. The summed E-state index contributed by atoms with van der Waals surface area (Å²) in [5.74, 6) is -1.79. The van der Waals surface area contributed by atoms with Gasteiger partial charge < -0.3 is 39.4 Å². The van der Waals surface area contributed by atoms with Gasteiger partial charge in [0.2, 0.25) is 0 Å². The lowest BCUT2D eigenvalue weighted by molar-refractivity contribution is -0.145. The molecule has 3 aromatic carbocycles. The van der Waals surface area contributed by atoms with Gasteiger partial charge in [0, 0.05) is 24.8 Å². The van der Waals surface area contributed by atoms with E-state index < -0.39 is 11.9 Å². The van der Waals surface area contributed by atoms with Crippen LogP contribution >= 0.6 is 0 Å². The zero-order valence-electron chi connectivity index (χ0n) is 23.1. The van der Waals surface area contributed by atoms with Crippen LogP contribution in [0.4, 0.5) is 0 Å². The van der Waals surface area contributed by atoms with Crippen LogP contribution in [-0.2, 0) is 31.9 Å². The molecule has 10 nitrogen and oxygen atoms in total. The van der Waals surface area contributed by atoms with Crippen molar-refractivity contribution in [3.63, 3.8) is 0 Å². The van der Waals surface area contributed by atoms with Crippen molar-refractivity contribution in [3.8, 4) is 34.5 Å². The maximum atomic E-state index is 12.6. The van der Waals surface area contributed by atoms with Crippen molar-refractivity contribution >= 4 is 18.0 Å². The Labute approximate surface area is 238 Å². The molecule has 0 heterocycles. The van der Waals surface area contributed by atoms with Crippen LogP contribution in [0, 0.1) is 11.8 Å². The van der Waals surface area contributed by atoms with Crippen LogP contribution in [0.2, 0.25) is 0 Å². The first-order valence-electron chi connectivity index (χ1n) is 12.8. The summed E-state index contributed by atoms with van der Waals surface area (Å²) in [5, 5.41) is 39.2. The second-order valence-electron chi connectivity index (χ2n) is 9.45. The molecule has 0 saturated carbocycles. The summed E-state index contributed by atoms with van der Waals surface area (Å²) in [5.41, 5.74) is 2.09. The van der Waals surface area contributed by atoms with Gasteiger partial charge in [0.05, 0.1) is 27.4 Å². The first-order valence-corrected chi connectivity index (χ1v) is 12.8. The van der Waals surface area contributed by atoms with E-state index >= 15 is 0 Å². The molecule has 10 heteroatoms. The minimum absolute atomic E-state index is 0.0109. The number of esters is 2. The number of carbonyl (C=O) groups is 2. The molecule has 0 aliphatic rings. The Balaban J connectivity index is 1.87. The summed E-state index contributed by atoms with van der Waals surface area (Å²) >= 11 is 0. The van der Waals surface area contributed by atoms with Crippen molar-refractivity contribution in [1.82, 2.24) is 0 Å². The smallest absolute Gasteiger partial charge is 0.330 e. The van der Waals surface area contributed by atoms with Crippen LogP contribution in [0.1, 0.15) is 23.6 Å². The normalized spacial score (nSPS) is 12.5. The number of methoxy groups -OCH3 is 2. The number of rotatable bonds is 13. The van der Waals surface area contributed by atoms with Gasteiger partial charge >= 0.3 is 11.9 Å². The zero-order valence-corrected chi connectivity index (χ0v) is 23.1. The molecule has 0 bridgehead atoms. The van der Waals surface area contributed by atoms with Gasteiger partial charge in [-0.3, -0.25) is 4.79 Å². The second kappa shape index (κ2) is 14.5. The van der Waals surface area contributed by atoms with E-state index in [2.05, 4.69) is 0 Å². The van der Waals surface area contributed by atoms with Gasteiger partial charge in [-0.25, -0.2) is 4.79 Å². The lowest BCUT2D eigenvalue weighted by Crippen LogP contribution is -2.30. The zero-order chi connectivity index (χ0) is 29.9. The van der Waals surface area contributed by atoms with E-state index in [1.54, 1.807) is 24.3 Å². The monoisotopic (exact) mass is 566 g/mol. The number of aromatic hydroxyl groups is 4. The van der Waals surface area contributed by atoms with Gasteiger partial charge in [-0.15, -0.1) is 0 Å². The molecule has 0 aliphatic heterocycles. The second-order valence-corrected chi connectivity index (χ2v) is 9.45. The Kier molecular flexibility index (Phi) is 10.9. The minimum Gasteiger partial charge on any atom is -0.504 e. The Bertz CT molecular complexity index is 1380. The van der Waals surface area contributed by atoms with Crippen molar-refractivity contribution in [2.45, 2.75) is 19.8 Å². The van der Waals surface area contributed by atoms with Crippen molar-refractivity contribution in [3.05, 3.63) is 77.4 Å². The van der Waals surface area contributed by atoms with Crippen molar-refractivity contribution in [2.24, 2.45) is 11.8 Å². The average molecular weight is 567 g/mol. The molecule has 41 heavy (non-hydrogen) atoms. The highest BCUT2D eigenvalue weighted by Crippen LogP contribution is 2.32.